The van der Waals surface area contributed by atoms with Crippen LogP contribution in [-0.4, -0.2) is 22.1 Å². The molecule has 1 aliphatic rings. The predicted molar refractivity (Wildman–Crippen MR) is 69.8 cm³/mol. The summed E-state index contributed by atoms with van der Waals surface area (Å²) in [6, 6.07) is 6.32. The van der Waals surface area contributed by atoms with Gasteiger partial charge in [0.25, 0.3) is 5.91 Å². The molecule has 1 amide bonds. The van der Waals surface area contributed by atoms with Gasteiger partial charge in [0.05, 0.1) is 5.56 Å². The SMILES string of the molecule is CC1CC1NC(=O)c1ccccc1-c1noc(C(F)(F)F)n1. The van der Waals surface area contributed by atoms with Crippen molar-refractivity contribution in [3.63, 3.8) is 0 Å². The van der Waals surface area contributed by atoms with Gasteiger partial charge in [-0.1, -0.05) is 30.3 Å². The Bertz CT molecular complexity index is 711. The molecule has 0 bridgehead atoms. The summed E-state index contributed by atoms with van der Waals surface area (Å²) in [5.41, 5.74) is 0.420. The summed E-state index contributed by atoms with van der Waals surface area (Å²) < 4.78 is 41.8. The molecule has 0 saturated heterocycles. The van der Waals surface area contributed by atoms with Crippen molar-refractivity contribution in [2.45, 2.75) is 25.6 Å². The molecule has 116 valence electrons. The molecule has 8 heteroatoms. The van der Waals surface area contributed by atoms with Crippen LogP contribution in [-0.2, 0) is 6.18 Å². The summed E-state index contributed by atoms with van der Waals surface area (Å²) in [5.74, 6) is -1.64. The second-order valence-corrected chi connectivity index (χ2v) is 5.26. The van der Waals surface area contributed by atoms with Crippen molar-refractivity contribution in [2.24, 2.45) is 5.92 Å². The first-order valence-electron chi connectivity index (χ1n) is 6.67. The largest absolute Gasteiger partial charge is 0.471 e. The van der Waals surface area contributed by atoms with E-state index in [1.54, 1.807) is 12.1 Å². The minimum atomic E-state index is -4.72. The minimum Gasteiger partial charge on any atom is -0.349 e. The van der Waals surface area contributed by atoms with Gasteiger partial charge in [-0.2, -0.15) is 18.2 Å². The van der Waals surface area contributed by atoms with Crippen LogP contribution in [0.5, 0.6) is 0 Å². The van der Waals surface area contributed by atoms with E-state index in [0.29, 0.717) is 5.92 Å². The first-order valence-corrected chi connectivity index (χ1v) is 6.67. The third-order valence-corrected chi connectivity index (χ3v) is 3.51. The molecule has 1 saturated carbocycles. The normalized spacial score (nSPS) is 20.7. The van der Waals surface area contributed by atoms with Gasteiger partial charge in [-0.15, -0.1) is 0 Å². The predicted octanol–water partition coefficient (Wildman–Crippen LogP) is 2.89. The van der Waals surface area contributed by atoms with Crippen LogP contribution in [0.3, 0.4) is 0 Å². The van der Waals surface area contributed by atoms with Gasteiger partial charge in [-0.25, -0.2) is 0 Å². The number of carbonyl (C=O) groups excluding carboxylic acids is 1. The molecule has 1 aromatic heterocycles. The fourth-order valence-electron chi connectivity index (χ4n) is 2.09. The zero-order chi connectivity index (χ0) is 15.9. The molecule has 2 aromatic rings. The molecule has 2 atom stereocenters. The van der Waals surface area contributed by atoms with E-state index < -0.39 is 12.1 Å². The van der Waals surface area contributed by atoms with Crippen molar-refractivity contribution in [1.82, 2.24) is 15.5 Å². The maximum atomic E-state index is 12.5. The lowest BCUT2D eigenvalue weighted by Crippen LogP contribution is -2.27. The van der Waals surface area contributed by atoms with Gasteiger partial charge in [0.1, 0.15) is 0 Å². The number of aromatic nitrogens is 2. The standard InChI is InChI=1S/C14H12F3N3O2/c1-7-6-10(7)18-12(21)9-5-3-2-4-8(9)11-19-13(22-20-11)14(15,16)17/h2-5,7,10H,6H2,1H3,(H,18,21). The second-order valence-electron chi connectivity index (χ2n) is 5.26. The smallest absolute Gasteiger partial charge is 0.349 e. The van der Waals surface area contributed by atoms with E-state index in [0.717, 1.165) is 6.42 Å². The zero-order valence-electron chi connectivity index (χ0n) is 11.5. The molecule has 0 spiro atoms. The van der Waals surface area contributed by atoms with Gasteiger partial charge >= 0.3 is 12.1 Å². The first kappa shape index (κ1) is 14.6. The van der Waals surface area contributed by atoms with E-state index >= 15 is 0 Å². The summed E-state index contributed by atoms with van der Waals surface area (Å²) in [5, 5.41) is 6.14. The molecular formula is C14H12F3N3O2. The topological polar surface area (TPSA) is 68.0 Å². The Morgan fingerprint density at radius 3 is 2.64 bits per heavy atom. The van der Waals surface area contributed by atoms with E-state index in [4.69, 9.17) is 0 Å². The Kier molecular flexibility index (Phi) is 3.38. The van der Waals surface area contributed by atoms with Crippen molar-refractivity contribution in [3.8, 4) is 11.4 Å². The van der Waals surface area contributed by atoms with Crippen molar-refractivity contribution < 1.29 is 22.5 Å². The molecule has 0 radical (unpaired) electrons. The van der Waals surface area contributed by atoms with E-state index in [1.807, 2.05) is 6.92 Å². The highest BCUT2D eigenvalue weighted by Gasteiger charge is 2.39. The van der Waals surface area contributed by atoms with Crippen LogP contribution < -0.4 is 5.32 Å². The highest BCUT2D eigenvalue weighted by atomic mass is 19.4. The van der Waals surface area contributed by atoms with Crippen LogP contribution in [0.25, 0.3) is 11.4 Å². The van der Waals surface area contributed by atoms with Crippen LogP contribution in [0.4, 0.5) is 13.2 Å². The number of hydrogen-bond donors (Lipinski definition) is 1. The summed E-state index contributed by atoms with van der Waals surface area (Å²) in [4.78, 5) is 15.5. The third-order valence-electron chi connectivity index (χ3n) is 3.51. The number of nitrogens with one attached hydrogen (secondary N) is 1. The highest BCUT2D eigenvalue weighted by molar-refractivity contribution is 6.00. The number of alkyl halides is 3. The number of nitrogens with zero attached hydrogens (tertiary/aromatic N) is 2. The highest BCUT2D eigenvalue weighted by Crippen LogP contribution is 2.32. The van der Waals surface area contributed by atoms with E-state index in [2.05, 4.69) is 20.0 Å². The van der Waals surface area contributed by atoms with Crippen molar-refractivity contribution in [1.29, 1.82) is 0 Å². The Morgan fingerprint density at radius 1 is 1.36 bits per heavy atom. The lowest BCUT2D eigenvalue weighted by atomic mass is 10.1. The Hall–Kier alpha value is -2.38. The number of amides is 1. The summed E-state index contributed by atoms with van der Waals surface area (Å²) in [7, 11) is 0. The monoisotopic (exact) mass is 311 g/mol. The van der Waals surface area contributed by atoms with Crippen LogP contribution >= 0.6 is 0 Å². The number of benzene rings is 1. The average Bonchev–Trinajstić information content (AvgIpc) is 2.96. The molecule has 2 unspecified atom stereocenters. The van der Waals surface area contributed by atoms with Crippen molar-refractivity contribution in [2.75, 3.05) is 0 Å². The number of rotatable bonds is 3. The molecule has 22 heavy (non-hydrogen) atoms. The maximum Gasteiger partial charge on any atom is 0.471 e. The molecule has 1 aromatic carbocycles. The molecule has 1 heterocycles. The number of halogens is 3. The average molecular weight is 311 g/mol. The van der Waals surface area contributed by atoms with E-state index in [1.165, 1.54) is 12.1 Å². The zero-order valence-corrected chi connectivity index (χ0v) is 11.5. The first-order chi connectivity index (χ1) is 10.4. The Labute approximate surface area is 123 Å². The number of hydrogen-bond acceptors (Lipinski definition) is 4. The van der Waals surface area contributed by atoms with Crippen LogP contribution in [0, 0.1) is 5.92 Å². The molecule has 5 nitrogen and oxygen atoms in total. The van der Waals surface area contributed by atoms with Crippen LogP contribution in [0.15, 0.2) is 28.8 Å². The summed E-state index contributed by atoms with van der Waals surface area (Å²) >= 11 is 0. The third kappa shape index (κ3) is 2.81. The molecule has 0 aliphatic heterocycles. The second kappa shape index (κ2) is 5.11. The summed E-state index contributed by atoms with van der Waals surface area (Å²) in [6.07, 6.45) is -3.82. The van der Waals surface area contributed by atoms with Gasteiger partial charge in [0.15, 0.2) is 0 Å². The van der Waals surface area contributed by atoms with Crippen LogP contribution in [0.1, 0.15) is 29.6 Å². The maximum absolute atomic E-state index is 12.5. The molecule has 1 aliphatic carbocycles. The molecule has 1 fully saturated rings. The van der Waals surface area contributed by atoms with E-state index in [-0.39, 0.29) is 28.9 Å². The van der Waals surface area contributed by atoms with Gasteiger partial charge in [0.2, 0.25) is 5.82 Å². The lowest BCUT2D eigenvalue weighted by Gasteiger charge is -2.07. The van der Waals surface area contributed by atoms with Gasteiger partial charge in [0, 0.05) is 11.6 Å². The quantitative estimate of drug-likeness (QED) is 0.946. The minimum absolute atomic E-state index is 0.108. The summed E-state index contributed by atoms with van der Waals surface area (Å²) in [6.45, 7) is 2.01. The van der Waals surface area contributed by atoms with Gasteiger partial charge in [-0.3, -0.25) is 4.79 Å². The van der Waals surface area contributed by atoms with Crippen molar-refractivity contribution >= 4 is 5.91 Å². The lowest BCUT2D eigenvalue weighted by molar-refractivity contribution is -0.159. The molecule has 1 N–H and O–H groups in total. The molecular weight excluding hydrogens is 299 g/mol. The van der Waals surface area contributed by atoms with Gasteiger partial charge < -0.3 is 9.84 Å². The van der Waals surface area contributed by atoms with Crippen LogP contribution in [0.2, 0.25) is 0 Å². The van der Waals surface area contributed by atoms with E-state index in [9.17, 15) is 18.0 Å². The van der Waals surface area contributed by atoms with Gasteiger partial charge in [-0.05, 0) is 18.4 Å². The Balaban J connectivity index is 1.91. The fraction of sp³-hybridized carbons (Fsp3) is 0.357. The number of carbonyl (C=O) groups is 1. The fourth-order valence-corrected chi connectivity index (χ4v) is 2.09. The molecule has 3 rings (SSSR count). The Morgan fingerprint density at radius 2 is 2.05 bits per heavy atom. The van der Waals surface area contributed by atoms with Crippen molar-refractivity contribution in [3.05, 3.63) is 35.7 Å².